The van der Waals surface area contributed by atoms with E-state index in [4.69, 9.17) is 0 Å². The quantitative estimate of drug-likeness (QED) is 0.466. The fourth-order valence-electron chi connectivity index (χ4n) is 4.73. The van der Waals surface area contributed by atoms with Crippen LogP contribution in [0.15, 0.2) is 34.8 Å². The van der Waals surface area contributed by atoms with Crippen molar-refractivity contribution in [2.75, 3.05) is 0 Å². The molecule has 4 rings (SSSR count). The van der Waals surface area contributed by atoms with Gasteiger partial charge in [-0.25, -0.2) is 0 Å². The molecule has 4 unspecified atom stereocenters. The summed E-state index contributed by atoms with van der Waals surface area (Å²) in [5.41, 5.74) is 9.34. The first-order valence-corrected chi connectivity index (χ1v) is 9.73. The molecule has 2 aromatic rings. The Morgan fingerprint density at radius 3 is 1.70 bits per heavy atom. The summed E-state index contributed by atoms with van der Waals surface area (Å²) in [5.74, 6) is 2.40. The van der Waals surface area contributed by atoms with Crippen LogP contribution >= 0.6 is 15.9 Å². The second kappa shape index (κ2) is 5.48. The highest BCUT2D eigenvalue weighted by Gasteiger charge is 2.31. The summed E-state index contributed by atoms with van der Waals surface area (Å²) in [6, 6.07) is 11.9. The van der Waals surface area contributed by atoms with E-state index in [-0.39, 0.29) is 0 Å². The van der Waals surface area contributed by atoms with Crippen LogP contribution in [0.3, 0.4) is 0 Å². The van der Waals surface area contributed by atoms with Crippen molar-refractivity contribution in [3.05, 3.63) is 68.2 Å². The molecule has 2 aliphatic rings. The average molecular weight is 369 g/mol. The third-order valence-corrected chi connectivity index (χ3v) is 6.79. The molecule has 0 saturated heterocycles. The first-order chi connectivity index (χ1) is 11.0. The van der Waals surface area contributed by atoms with Crippen LogP contribution in [0.2, 0.25) is 0 Å². The van der Waals surface area contributed by atoms with Gasteiger partial charge in [0, 0.05) is 16.3 Å². The van der Waals surface area contributed by atoms with Gasteiger partial charge < -0.3 is 0 Å². The molecule has 120 valence electrons. The molecule has 0 heterocycles. The zero-order chi connectivity index (χ0) is 16.3. The fourth-order valence-corrected chi connectivity index (χ4v) is 5.11. The van der Waals surface area contributed by atoms with E-state index in [0.29, 0.717) is 23.7 Å². The highest BCUT2D eigenvalue weighted by molar-refractivity contribution is 9.10. The topological polar surface area (TPSA) is 0 Å². The van der Waals surface area contributed by atoms with Gasteiger partial charge in [-0.3, -0.25) is 0 Å². The van der Waals surface area contributed by atoms with Gasteiger partial charge in [-0.15, -0.1) is 0 Å². The zero-order valence-corrected chi connectivity index (χ0v) is 16.1. The number of hydrogen-bond donors (Lipinski definition) is 0. The molecule has 0 amide bonds. The second-order valence-corrected chi connectivity index (χ2v) is 8.62. The van der Waals surface area contributed by atoms with Crippen molar-refractivity contribution < 1.29 is 0 Å². The van der Waals surface area contributed by atoms with Gasteiger partial charge in [0.15, 0.2) is 0 Å². The molecule has 0 saturated carbocycles. The van der Waals surface area contributed by atoms with Crippen LogP contribution in [0.4, 0.5) is 0 Å². The Bertz CT molecular complexity index is 774. The first-order valence-electron chi connectivity index (χ1n) is 8.94. The van der Waals surface area contributed by atoms with Gasteiger partial charge in [-0.1, -0.05) is 61.8 Å². The Labute approximate surface area is 148 Å². The SMILES string of the molecule is CC1CCC(C)c2cc3c(cc21)C(C)c1ccc(Br)cc1C3C. The minimum absolute atomic E-state index is 0.489. The lowest BCUT2D eigenvalue weighted by molar-refractivity contribution is 0.524. The van der Waals surface area contributed by atoms with E-state index < -0.39 is 0 Å². The third kappa shape index (κ3) is 2.31. The predicted molar refractivity (Wildman–Crippen MR) is 102 cm³/mol. The largest absolute Gasteiger partial charge is 0.0584 e. The summed E-state index contributed by atoms with van der Waals surface area (Å²) >= 11 is 3.66. The van der Waals surface area contributed by atoms with Crippen molar-refractivity contribution in [3.8, 4) is 0 Å². The molecule has 0 nitrogen and oxygen atoms in total. The minimum Gasteiger partial charge on any atom is -0.0584 e. The van der Waals surface area contributed by atoms with Crippen LogP contribution in [0.1, 0.15) is 97.6 Å². The maximum Gasteiger partial charge on any atom is 0.0178 e. The Balaban J connectivity index is 1.93. The smallest absolute Gasteiger partial charge is 0.0178 e. The van der Waals surface area contributed by atoms with E-state index >= 15 is 0 Å². The molecule has 0 fully saturated rings. The van der Waals surface area contributed by atoms with Crippen LogP contribution in [0, 0.1) is 0 Å². The van der Waals surface area contributed by atoms with Crippen molar-refractivity contribution in [1.29, 1.82) is 0 Å². The van der Waals surface area contributed by atoms with Gasteiger partial charge >= 0.3 is 0 Å². The van der Waals surface area contributed by atoms with Crippen LogP contribution in [0.25, 0.3) is 0 Å². The van der Waals surface area contributed by atoms with E-state index in [1.807, 2.05) is 0 Å². The van der Waals surface area contributed by atoms with Crippen LogP contribution in [-0.2, 0) is 0 Å². The summed E-state index contributed by atoms with van der Waals surface area (Å²) in [5, 5.41) is 0. The summed E-state index contributed by atoms with van der Waals surface area (Å²) in [7, 11) is 0. The van der Waals surface area contributed by atoms with E-state index in [1.165, 1.54) is 28.4 Å². The Morgan fingerprint density at radius 2 is 1.13 bits per heavy atom. The van der Waals surface area contributed by atoms with E-state index in [1.54, 1.807) is 22.3 Å². The van der Waals surface area contributed by atoms with Gasteiger partial charge in [-0.2, -0.15) is 0 Å². The number of fused-ring (bicyclic) bond motifs is 3. The predicted octanol–water partition coefficient (Wildman–Crippen LogP) is 7.07. The zero-order valence-electron chi connectivity index (χ0n) is 14.5. The Hall–Kier alpha value is -1.08. The number of benzene rings is 2. The normalized spacial score (nSPS) is 28.7. The second-order valence-electron chi connectivity index (χ2n) is 7.71. The van der Waals surface area contributed by atoms with Crippen LogP contribution < -0.4 is 0 Å². The number of hydrogen-bond acceptors (Lipinski definition) is 0. The Kier molecular flexibility index (Phi) is 3.68. The van der Waals surface area contributed by atoms with Crippen molar-refractivity contribution >= 4 is 15.9 Å². The number of halogens is 1. The minimum atomic E-state index is 0.489. The molecule has 0 bridgehead atoms. The summed E-state index contributed by atoms with van der Waals surface area (Å²) in [6.45, 7) is 9.55. The van der Waals surface area contributed by atoms with E-state index in [2.05, 4.69) is 74.0 Å². The molecule has 2 aliphatic carbocycles. The molecule has 1 heteroatoms. The highest BCUT2D eigenvalue weighted by Crippen LogP contribution is 2.48. The lowest BCUT2D eigenvalue weighted by Crippen LogP contribution is -2.19. The molecule has 23 heavy (non-hydrogen) atoms. The van der Waals surface area contributed by atoms with Gasteiger partial charge in [0.05, 0.1) is 0 Å². The van der Waals surface area contributed by atoms with Gasteiger partial charge in [0.2, 0.25) is 0 Å². The lowest BCUT2D eigenvalue weighted by atomic mass is 9.69. The summed E-state index contributed by atoms with van der Waals surface area (Å²) in [4.78, 5) is 0. The lowest BCUT2D eigenvalue weighted by Gasteiger charge is -2.35. The van der Waals surface area contributed by atoms with Crippen molar-refractivity contribution in [2.45, 2.75) is 64.2 Å². The first kappa shape index (κ1) is 15.4. The van der Waals surface area contributed by atoms with E-state index in [9.17, 15) is 0 Å². The van der Waals surface area contributed by atoms with Crippen LogP contribution in [-0.4, -0.2) is 0 Å². The monoisotopic (exact) mass is 368 g/mol. The molecule has 2 aromatic carbocycles. The summed E-state index contributed by atoms with van der Waals surface area (Å²) in [6.07, 6.45) is 2.67. The molecular weight excluding hydrogens is 344 g/mol. The van der Waals surface area contributed by atoms with Gasteiger partial charge in [0.25, 0.3) is 0 Å². The summed E-state index contributed by atoms with van der Waals surface area (Å²) < 4.78 is 1.19. The molecule has 0 aliphatic heterocycles. The molecule has 0 aromatic heterocycles. The van der Waals surface area contributed by atoms with Gasteiger partial charge in [-0.05, 0) is 70.2 Å². The number of rotatable bonds is 0. The molecule has 0 radical (unpaired) electrons. The average Bonchev–Trinajstić information content (AvgIpc) is 2.55. The van der Waals surface area contributed by atoms with E-state index in [0.717, 1.165) is 0 Å². The Morgan fingerprint density at radius 1 is 0.652 bits per heavy atom. The molecule has 4 atom stereocenters. The standard InChI is InChI=1S/C22H25Br/c1-12-5-6-13(2)19-11-22-15(4)20-9-16(23)7-8-17(20)14(3)21(22)10-18(12)19/h7-15H,5-6H2,1-4H3. The molecule has 0 N–H and O–H groups in total. The maximum atomic E-state index is 3.66. The van der Waals surface area contributed by atoms with Crippen molar-refractivity contribution in [3.63, 3.8) is 0 Å². The van der Waals surface area contributed by atoms with Crippen LogP contribution in [0.5, 0.6) is 0 Å². The molecule has 0 spiro atoms. The molecular formula is C22H25Br. The third-order valence-electron chi connectivity index (χ3n) is 6.30. The van der Waals surface area contributed by atoms with Crippen molar-refractivity contribution in [2.24, 2.45) is 0 Å². The van der Waals surface area contributed by atoms with Gasteiger partial charge in [0.1, 0.15) is 0 Å². The van der Waals surface area contributed by atoms with Crippen molar-refractivity contribution in [1.82, 2.24) is 0 Å². The highest BCUT2D eigenvalue weighted by atomic mass is 79.9. The fraction of sp³-hybridized carbons (Fsp3) is 0.455. The maximum absolute atomic E-state index is 3.66.